The summed E-state index contributed by atoms with van der Waals surface area (Å²) in [4.78, 5) is 25.0. The molecule has 0 fully saturated rings. The Labute approximate surface area is 178 Å². The van der Waals surface area contributed by atoms with E-state index < -0.39 is 18.0 Å². The molecular formula is C23H21FN4O3. The molecule has 1 aromatic heterocycles. The Morgan fingerprint density at radius 2 is 1.87 bits per heavy atom. The molecular weight excluding hydrogens is 399 g/mol. The molecule has 0 radical (unpaired) electrons. The zero-order valence-electron chi connectivity index (χ0n) is 17.1. The number of nitrogens with zero attached hydrogens (tertiary/aromatic N) is 2. The van der Waals surface area contributed by atoms with Crippen LogP contribution in [-0.4, -0.2) is 28.4 Å². The van der Waals surface area contributed by atoms with E-state index in [4.69, 9.17) is 9.84 Å². The number of nitrogens with one attached hydrogen (secondary N) is 2. The molecule has 158 valence electrons. The third-order valence-corrected chi connectivity index (χ3v) is 4.96. The monoisotopic (exact) mass is 420 g/mol. The second-order valence-corrected chi connectivity index (χ2v) is 7.01. The second-order valence-electron chi connectivity index (χ2n) is 7.01. The van der Waals surface area contributed by atoms with Crippen LogP contribution in [0.2, 0.25) is 0 Å². The number of esters is 1. The molecule has 0 bridgehead atoms. The minimum absolute atomic E-state index is 0.199. The van der Waals surface area contributed by atoms with Crippen LogP contribution in [0, 0.1) is 5.82 Å². The first kappa shape index (κ1) is 20.3. The number of rotatable bonds is 5. The van der Waals surface area contributed by atoms with Crippen molar-refractivity contribution < 1.29 is 18.7 Å². The van der Waals surface area contributed by atoms with Crippen molar-refractivity contribution in [3.05, 3.63) is 83.4 Å². The van der Waals surface area contributed by atoms with Gasteiger partial charge in [0.1, 0.15) is 5.82 Å². The predicted octanol–water partition coefficient (Wildman–Crippen LogP) is 3.87. The van der Waals surface area contributed by atoms with Gasteiger partial charge >= 0.3 is 12.0 Å². The number of amides is 2. The predicted molar refractivity (Wildman–Crippen MR) is 113 cm³/mol. The van der Waals surface area contributed by atoms with Gasteiger partial charge in [-0.25, -0.2) is 18.7 Å². The summed E-state index contributed by atoms with van der Waals surface area (Å²) in [7, 11) is 0. The summed E-state index contributed by atoms with van der Waals surface area (Å²) in [6.07, 6.45) is 1.76. The van der Waals surface area contributed by atoms with E-state index in [0.29, 0.717) is 22.5 Å². The summed E-state index contributed by atoms with van der Waals surface area (Å²) in [5.74, 6) is -0.902. The minimum atomic E-state index is -0.787. The Balaban J connectivity index is 1.90. The number of hydrogen-bond donors (Lipinski definition) is 2. The van der Waals surface area contributed by atoms with Crippen LogP contribution in [-0.2, 0) is 9.53 Å². The molecule has 2 heterocycles. The molecule has 0 unspecified atom stereocenters. The van der Waals surface area contributed by atoms with E-state index in [1.54, 1.807) is 36.9 Å². The second kappa shape index (κ2) is 8.43. The van der Waals surface area contributed by atoms with Crippen molar-refractivity contribution in [2.75, 3.05) is 6.61 Å². The van der Waals surface area contributed by atoms with Crippen LogP contribution in [0.3, 0.4) is 0 Å². The fraction of sp³-hybridized carbons (Fsp3) is 0.174. The molecule has 2 amide bonds. The van der Waals surface area contributed by atoms with Crippen molar-refractivity contribution in [2.24, 2.45) is 0 Å². The molecule has 7 nitrogen and oxygen atoms in total. The molecule has 0 saturated heterocycles. The van der Waals surface area contributed by atoms with E-state index in [2.05, 4.69) is 10.6 Å². The van der Waals surface area contributed by atoms with Gasteiger partial charge in [-0.3, -0.25) is 0 Å². The van der Waals surface area contributed by atoms with Gasteiger partial charge in [-0.1, -0.05) is 18.2 Å². The van der Waals surface area contributed by atoms with Crippen LogP contribution in [0.1, 0.15) is 25.5 Å². The van der Waals surface area contributed by atoms with E-state index in [1.807, 2.05) is 30.3 Å². The van der Waals surface area contributed by atoms with Crippen LogP contribution in [0.4, 0.5) is 9.18 Å². The fourth-order valence-corrected chi connectivity index (χ4v) is 3.55. The Morgan fingerprint density at radius 3 is 2.55 bits per heavy atom. The van der Waals surface area contributed by atoms with Crippen LogP contribution >= 0.6 is 0 Å². The van der Waals surface area contributed by atoms with E-state index in [1.165, 1.54) is 12.1 Å². The quantitative estimate of drug-likeness (QED) is 0.614. The summed E-state index contributed by atoms with van der Waals surface area (Å²) in [5, 5.41) is 10.1. The average Bonchev–Trinajstić information content (AvgIpc) is 3.20. The first-order valence-corrected chi connectivity index (χ1v) is 9.84. The molecule has 0 saturated carbocycles. The van der Waals surface area contributed by atoms with Gasteiger partial charge in [-0.15, -0.1) is 0 Å². The van der Waals surface area contributed by atoms with Crippen LogP contribution in [0.5, 0.6) is 0 Å². The molecule has 0 aliphatic carbocycles. The number of urea groups is 1. The topological polar surface area (TPSA) is 85.2 Å². The van der Waals surface area contributed by atoms with Gasteiger partial charge in [-0.2, -0.15) is 5.10 Å². The summed E-state index contributed by atoms with van der Waals surface area (Å²) in [6, 6.07) is 14.1. The smallest absolute Gasteiger partial charge is 0.338 e. The molecule has 0 spiro atoms. The maximum absolute atomic E-state index is 13.5. The summed E-state index contributed by atoms with van der Waals surface area (Å²) in [6.45, 7) is 3.57. The van der Waals surface area contributed by atoms with Gasteiger partial charge < -0.3 is 15.4 Å². The Morgan fingerprint density at radius 1 is 1.16 bits per heavy atom. The van der Waals surface area contributed by atoms with Crippen LogP contribution < -0.4 is 10.6 Å². The number of aromatic nitrogens is 2. The van der Waals surface area contributed by atoms with Crippen molar-refractivity contribution in [2.45, 2.75) is 19.9 Å². The van der Waals surface area contributed by atoms with Crippen molar-refractivity contribution in [1.29, 1.82) is 0 Å². The number of allylic oxidation sites excluding steroid dienone is 1. The van der Waals surface area contributed by atoms with Gasteiger partial charge in [0, 0.05) is 23.0 Å². The van der Waals surface area contributed by atoms with Gasteiger partial charge in [-0.05, 0) is 50.2 Å². The number of halogens is 1. The SMILES string of the molecule is CCOC(=O)C1=C(C)NC(=O)N[C@H]1c1cn(-c2ccccc2)nc1-c1ccc(F)cc1. The Bertz CT molecular complexity index is 1150. The van der Waals surface area contributed by atoms with Gasteiger partial charge in [0.2, 0.25) is 0 Å². The lowest BCUT2D eigenvalue weighted by molar-refractivity contribution is -0.139. The fourth-order valence-electron chi connectivity index (χ4n) is 3.55. The average molecular weight is 420 g/mol. The molecule has 1 atom stereocenters. The Hall–Kier alpha value is -3.94. The first-order chi connectivity index (χ1) is 15.0. The highest BCUT2D eigenvalue weighted by atomic mass is 19.1. The number of ether oxygens (including phenoxy) is 1. The van der Waals surface area contributed by atoms with Crippen molar-refractivity contribution in [3.8, 4) is 16.9 Å². The molecule has 1 aliphatic rings. The molecule has 1 aliphatic heterocycles. The molecule has 3 aromatic rings. The molecule has 8 heteroatoms. The Kier molecular flexibility index (Phi) is 5.53. The van der Waals surface area contributed by atoms with Gasteiger partial charge in [0.25, 0.3) is 0 Å². The van der Waals surface area contributed by atoms with Gasteiger partial charge in [0.05, 0.1) is 29.6 Å². The number of para-hydroxylation sites is 1. The van der Waals surface area contributed by atoms with Crippen molar-refractivity contribution >= 4 is 12.0 Å². The highest BCUT2D eigenvalue weighted by Crippen LogP contribution is 2.35. The lowest BCUT2D eigenvalue weighted by atomic mass is 9.94. The standard InChI is InChI=1S/C23H21FN4O3/c1-3-31-22(29)19-14(2)25-23(30)26-21(19)18-13-28(17-7-5-4-6-8-17)27-20(18)15-9-11-16(24)12-10-15/h4-13,21H,3H2,1-2H3,(H2,25,26,30)/t21-/m0/s1. The minimum Gasteiger partial charge on any atom is -0.463 e. The molecule has 31 heavy (non-hydrogen) atoms. The normalized spacial score (nSPS) is 16.0. The number of benzene rings is 2. The highest BCUT2D eigenvalue weighted by molar-refractivity contribution is 5.95. The number of hydrogen-bond acceptors (Lipinski definition) is 4. The number of carbonyl (C=O) groups excluding carboxylic acids is 2. The molecule has 4 rings (SSSR count). The van der Waals surface area contributed by atoms with Crippen LogP contribution in [0.25, 0.3) is 16.9 Å². The largest absolute Gasteiger partial charge is 0.463 e. The molecule has 2 aromatic carbocycles. The lowest BCUT2D eigenvalue weighted by Crippen LogP contribution is -2.45. The summed E-state index contributed by atoms with van der Waals surface area (Å²) in [5.41, 5.74) is 3.26. The van der Waals surface area contributed by atoms with Crippen LogP contribution in [0.15, 0.2) is 72.1 Å². The maximum atomic E-state index is 13.5. The van der Waals surface area contributed by atoms with E-state index in [-0.39, 0.29) is 18.0 Å². The maximum Gasteiger partial charge on any atom is 0.338 e. The summed E-state index contributed by atoms with van der Waals surface area (Å²) >= 11 is 0. The lowest BCUT2D eigenvalue weighted by Gasteiger charge is -2.27. The van der Waals surface area contributed by atoms with Gasteiger partial charge in [0.15, 0.2) is 0 Å². The van der Waals surface area contributed by atoms with E-state index >= 15 is 0 Å². The number of carbonyl (C=O) groups is 2. The zero-order chi connectivity index (χ0) is 22.0. The van der Waals surface area contributed by atoms with Crippen molar-refractivity contribution in [3.63, 3.8) is 0 Å². The van der Waals surface area contributed by atoms with Crippen molar-refractivity contribution in [1.82, 2.24) is 20.4 Å². The third kappa shape index (κ3) is 4.05. The first-order valence-electron chi connectivity index (χ1n) is 9.84. The highest BCUT2D eigenvalue weighted by Gasteiger charge is 2.35. The summed E-state index contributed by atoms with van der Waals surface area (Å²) < 4.78 is 20.4. The third-order valence-electron chi connectivity index (χ3n) is 4.96. The van der Waals surface area contributed by atoms with E-state index in [0.717, 1.165) is 5.69 Å². The van der Waals surface area contributed by atoms with E-state index in [9.17, 15) is 14.0 Å². The zero-order valence-corrected chi connectivity index (χ0v) is 17.1. The molecule has 2 N–H and O–H groups in total.